The van der Waals surface area contributed by atoms with Crippen LogP contribution >= 0.6 is 11.8 Å². The van der Waals surface area contributed by atoms with Gasteiger partial charge < -0.3 is 10.0 Å². The van der Waals surface area contributed by atoms with Gasteiger partial charge in [-0.3, -0.25) is 9.69 Å². The molecule has 3 aliphatic heterocycles. The van der Waals surface area contributed by atoms with Crippen LogP contribution in [0.1, 0.15) is 25.7 Å². The number of fused-ring (bicyclic) bond motifs is 1. The van der Waals surface area contributed by atoms with E-state index >= 15 is 0 Å². The van der Waals surface area contributed by atoms with Gasteiger partial charge in [-0.1, -0.05) is 6.42 Å². The highest BCUT2D eigenvalue weighted by Gasteiger charge is 2.44. The maximum Gasteiger partial charge on any atom is 0.255 e. The number of thioether (sulfide) groups is 1. The van der Waals surface area contributed by atoms with Gasteiger partial charge in [0, 0.05) is 31.4 Å². The first-order chi connectivity index (χ1) is 8.69. The Bertz CT molecular complexity index is 331. The number of piperazine rings is 1. The molecule has 1 amide bonds. The Morgan fingerprint density at radius 2 is 2.17 bits per heavy atom. The van der Waals surface area contributed by atoms with Crippen molar-refractivity contribution in [2.24, 2.45) is 0 Å². The van der Waals surface area contributed by atoms with Gasteiger partial charge in [0.15, 0.2) is 5.60 Å². The fourth-order valence-electron chi connectivity index (χ4n) is 3.36. The number of rotatable bonds is 1. The van der Waals surface area contributed by atoms with E-state index in [-0.39, 0.29) is 5.91 Å². The number of hydrogen-bond donors (Lipinski definition) is 1. The molecule has 18 heavy (non-hydrogen) atoms. The van der Waals surface area contributed by atoms with E-state index < -0.39 is 5.60 Å². The van der Waals surface area contributed by atoms with Crippen molar-refractivity contribution in [3.05, 3.63) is 0 Å². The van der Waals surface area contributed by atoms with Crippen LogP contribution in [-0.4, -0.2) is 70.1 Å². The molecule has 1 N–H and O–H groups in total. The number of nitrogens with zero attached hydrogens (tertiary/aromatic N) is 2. The standard InChI is InChI=1S/C13H22N2O2S/c16-12(13(17)4-8-18-10-13)15-7-6-14-5-2-1-3-11(14)9-15/h11,17H,1-10H2. The smallest absolute Gasteiger partial charge is 0.255 e. The van der Waals surface area contributed by atoms with Gasteiger partial charge in [-0.05, 0) is 31.6 Å². The number of amides is 1. The van der Waals surface area contributed by atoms with E-state index in [1.807, 2.05) is 4.90 Å². The summed E-state index contributed by atoms with van der Waals surface area (Å²) in [6.45, 7) is 3.79. The van der Waals surface area contributed by atoms with E-state index in [1.165, 1.54) is 25.8 Å². The highest BCUT2D eigenvalue weighted by atomic mass is 32.2. The molecular weight excluding hydrogens is 248 g/mol. The molecule has 0 bridgehead atoms. The normalized spacial score (nSPS) is 37.6. The summed E-state index contributed by atoms with van der Waals surface area (Å²) in [6, 6.07) is 0.536. The van der Waals surface area contributed by atoms with Crippen LogP contribution in [0.2, 0.25) is 0 Å². The summed E-state index contributed by atoms with van der Waals surface area (Å²) in [4.78, 5) is 16.9. The van der Waals surface area contributed by atoms with Crippen molar-refractivity contribution in [2.75, 3.05) is 37.7 Å². The van der Waals surface area contributed by atoms with Crippen LogP contribution in [0.3, 0.4) is 0 Å². The van der Waals surface area contributed by atoms with Crippen LogP contribution in [0.25, 0.3) is 0 Å². The topological polar surface area (TPSA) is 43.8 Å². The van der Waals surface area contributed by atoms with Crippen LogP contribution < -0.4 is 0 Å². The average molecular weight is 270 g/mol. The Morgan fingerprint density at radius 3 is 2.94 bits per heavy atom. The first kappa shape index (κ1) is 12.8. The molecule has 2 atom stereocenters. The van der Waals surface area contributed by atoms with Gasteiger partial charge in [-0.25, -0.2) is 0 Å². The van der Waals surface area contributed by atoms with Crippen molar-refractivity contribution in [1.29, 1.82) is 0 Å². The lowest BCUT2D eigenvalue weighted by Gasteiger charge is -2.45. The molecule has 3 aliphatic rings. The van der Waals surface area contributed by atoms with Crippen molar-refractivity contribution in [1.82, 2.24) is 9.80 Å². The third kappa shape index (κ3) is 2.28. The first-order valence-electron chi connectivity index (χ1n) is 7.03. The van der Waals surface area contributed by atoms with Crippen LogP contribution in [-0.2, 0) is 4.79 Å². The van der Waals surface area contributed by atoms with Gasteiger partial charge in [0.25, 0.3) is 5.91 Å². The third-order valence-corrected chi connectivity index (χ3v) is 5.70. The highest BCUT2D eigenvalue weighted by Crippen LogP contribution is 2.31. The van der Waals surface area contributed by atoms with E-state index in [2.05, 4.69) is 4.90 Å². The summed E-state index contributed by atoms with van der Waals surface area (Å²) >= 11 is 1.69. The van der Waals surface area contributed by atoms with Gasteiger partial charge >= 0.3 is 0 Å². The van der Waals surface area contributed by atoms with Gasteiger partial charge in [0.1, 0.15) is 0 Å². The quantitative estimate of drug-likeness (QED) is 0.756. The van der Waals surface area contributed by atoms with E-state index in [0.29, 0.717) is 18.2 Å². The minimum Gasteiger partial charge on any atom is -0.379 e. The largest absolute Gasteiger partial charge is 0.379 e. The minimum absolute atomic E-state index is 0.0160. The van der Waals surface area contributed by atoms with Crippen molar-refractivity contribution in [3.63, 3.8) is 0 Å². The third-order valence-electron chi connectivity index (χ3n) is 4.52. The molecule has 2 unspecified atom stereocenters. The zero-order valence-corrected chi connectivity index (χ0v) is 11.6. The predicted molar refractivity (Wildman–Crippen MR) is 72.7 cm³/mol. The Kier molecular flexibility index (Phi) is 3.56. The average Bonchev–Trinajstić information content (AvgIpc) is 2.85. The SMILES string of the molecule is O=C(N1CCN2CCCCC2C1)C1(O)CCSC1. The summed E-state index contributed by atoms with van der Waals surface area (Å²) < 4.78 is 0. The molecule has 5 heteroatoms. The number of hydrogen-bond acceptors (Lipinski definition) is 4. The van der Waals surface area contributed by atoms with E-state index in [0.717, 1.165) is 25.4 Å². The fourth-order valence-corrected chi connectivity index (χ4v) is 4.59. The lowest BCUT2D eigenvalue weighted by molar-refractivity contribution is -0.152. The lowest BCUT2D eigenvalue weighted by atomic mass is 9.96. The van der Waals surface area contributed by atoms with Gasteiger partial charge in [0.05, 0.1) is 0 Å². The second kappa shape index (κ2) is 5.02. The molecule has 4 nitrogen and oxygen atoms in total. The molecule has 3 heterocycles. The van der Waals surface area contributed by atoms with E-state index in [4.69, 9.17) is 0 Å². The lowest BCUT2D eigenvalue weighted by Crippen LogP contribution is -2.60. The highest BCUT2D eigenvalue weighted by molar-refractivity contribution is 7.99. The van der Waals surface area contributed by atoms with Gasteiger partial charge in [-0.15, -0.1) is 0 Å². The van der Waals surface area contributed by atoms with Crippen molar-refractivity contribution >= 4 is 17.7 Å². The monoisotopic (exact) mass is 270 g/mol. The van der Waals surface area contributed by atoms with E-state index in [9.17, 15) is 9.90 Å². The zero-order valence-electron chi connectivity index (χ0n) is 10.8. The fraction of sp³-hybridized carbons (Fsp3) is 0.923. The summed E-state index contributed by atoms with van der Waals surface area (Å²) in [5.41, 5.74) is -1.07. The van der Waals surface area contributed by atoms with Gasteiger partial charge in [-0.2, -0.15) is 11.8 Å². The summed E-state index contributed by atoms with van der Waals surface area (Å²) in [7, 11) is 0. The maximum atomic E-state index is 12.4. The van der Waals surface area contributed by atoms with E-state index in [1.54, 1.807) is 11.8 Å². The van der Waals surface area contributed by atoms with Crippen LogP contribution in [0.4, 0.5) is 0 Å². The molecule has 0 saturated carbocycles. The number of aliphatic hydroxyl groups is 1. The van der Waals surface area contributed by atoms with Crippen molar-refractivity contribution in [2.45, 2.75) is 37.3 Å². The maximum absolute atomic E-state index is 12.4. The zero-order chi connectivity index (χ0) is 12.6. The van der Waals surface area contributed by atoms with Crippen molar-refractivity contribution < 1.29 is 9.90 Å². The van der Waals surface area contributed by atoms with Crippen LogP contribution in [0.15, 0.2) is 0 Å². The molecule has 0 aliphatic carbocycles. The molecule has 0 aromatic heterocycles. The number of piperidine rings is 1. The summed E-state index contributed by atoms with van der Waals surface area (Å²) in [6.07, 6.45) is 4.41. The second-order valence-corrected chi connectivity index (χ2v) is 6.88. The molecule has 0 aromatic rings. The Balaban J connectivity index is 1.64. The molecule has 3 fully saturated rings. The molecular formula is C13H22N2O2S. The summed E-state index contributed by atoms with van der Waals surface area (Å²) in [5, 5.41) is 10.4. The Hall–Kier alpha value is -0.260. The minimum atomic E-state index is -1.07. The van der Waals surface area contributed by atoms with Gasteiger partial charge in [0.2, 0.25) is 0 Å². The second-order valence-electron chi connectivity index (χ2n) is 5.77. The Labute approximate surface area is 113 Å². The molecule has 3 rings (SSSR count). The molecule has 3 saturated heterocycles. The number of carbonyl (C=O) groups is 1. The predicted octanol–water partition coefficient (Wildman–Crippen LogP) is 0.551. The number of carbonyl (C=O) groups excluding carboxylic acids is 1. The molecule has 0 radical (unpaired) electrons. The Morgan fingerprint density at radius 1 is 1.28 bits per heavy atom. The first-order valence-corrected chi connectivity index (χ1v) is 8.18. The van der Waals surface area contributed by atoms with Crippen LogP contribution in [0.5, 0.6) is 0 Å². The van der Waals surface area contributed by atoms with Crippen molar-refractivity contribution in [3.8, 4) is 0 Å². The van der Waals surface area contributed by atoms with Crippen LogP contribution in [0, 0.1) is 0 Å². The molecule has 0 spiro atoms. The summed E-state index contributed by atoms with van der Waals surface area (Å²) in [5.74, 6) is 1.47. The molecule has 102 valence electrons. The molecule has 0 aromatic carbocycles.